The lowest BCUT2D eigenvalue weighted by Crippen LogP contribution is -2.34. The Labute approximate surface area is 102 Å². The minimum Gasteiger partial charge on any atom is -0.313 e. The Balaban J connectivity index is 0.00000112. The molecule has 86 valence electrons. The molecule has 2 rings (SSSR count). The zero-order valence-electron chi connectivity index (χ0n) is 9.03. The molecule has 1 aliphatic heterocycles. The number of rotatable bonds is 4. The number of halogens is 1. The molecule has 2 N–H and O–H groups in total. The molecule has 0 amide bonds. The van der Waals surface area contributed by atoms with Crippen molar-refractivity contribution in [1.29, 1.82) is 0 Å². The number of hydrogen-bond acceptors (Lipinski definition) is 3. The molecule has 0 radical (unpaired) electrons. The minimum absolute atomic E-state index is 0. The van der Waals surface area contributed by atoms with Gasteiger partial charge >= 0.3 is 0 Å². The molecular formula is C11H19ClN2S. The second-order valence-corrected chi connectivity index (χ2v) is 4.92. The summed E-state index contributed by atoms with van der Waals surface area (Å²) < 4.78 is 0. The second kappa shape index (κ2) is 6.48. The molecule has 1 aromatic heterocycles. The fourth-order valence-electron chi connectivity index (χ4n) is 1.89. The molecule has 2 atom stereocenters. The third-order valence-corrected chi connectivity index (χ3v) is 3.86. The standard InChI is InChI=1S/C11H18N2S.ClH/c1-9(11-5-3-7-14-11)13-8-10-4-2-6-12-10;/h3,5,7,9-10,12-13H,2,4,6,8H2,1H3;1H. The van der Waals surface area contributed by atoms with Gasteiger partial charge in [0.15, 0.2) is 0 Å². The Morgan fingerprint density at radius 2 is 2.53 bits per heavy atom. The first kappa shape index (κ1) is 13.0. The van der Waals surface area contributed by atoms with Crippen molar-refractivity contribution in [1.82, 2.24) is 10.6 Å². The summed E-state index contributed by atoms with van der Waals surface area (Å²) in [5.74, 6) is 0. The van der Waals surface area contributed by atoms with Gasteiger partial charge in [-0.3, -0.25) is 0 Å². The molecule has 0 aromatic carbocycles. The zero-order chi connectivity index (χ0) is 9.80. The first-order valence-electron chi connectivity index (χ1n) is 5.36. The highest BCUT2D eigenvalue weighted by Crippen LogP contribution is 2.18. The number of thiophene rings is 1. The van der Waals surface area contributed by atoms with Crippen LogP contribution in [0.1, 0.15) is 30.7 Å². The minimum atomic E-state index is 0. The Bertz CT molecular complexity index is 258. The average molecular weight is 247 g/mol. The summed E-state index contributed by atoms with van der Waals surface area (Å²) in [6.45, 7) is 4.53. The van der Waals surface area contributed by atoms with Crippen molar-refractivity contribution in [2.45, 2.75) is 31.8 Å². The first-order chi connectivity index (χ1) is 6.86. The molecule has 1 aliphatic rings. The van der Waals surface area contributed by atoms with Crippen molar-refractivity contribution in [2.75, 3.05) is 13.1 Å². The highest BCUT2D eigenvalue weighted by atomic mass is 35.5. The smallest absolute Gasteiger partial charge is 0.0386 e. The normalized spacial score (nSPS) is 22.3. The number of nitrogens with one attached hydrogen (secondary N) is 2. The van der Waals surface area contributed by atoms with E-state index in [2.05, 4.69) is 35.1 Å². The topological polar surface area (TPSA) is 24.1 Å². The van der Waals surface area contributed by atoms with E-state index < -0.39 is 0 Å². The SMILES string of the molecule is CC(NCC1CCCN1)c1cccs1.Cl. The molecule has 1 fully saturated rings. The quantitative estimate of drug-likeness (QED) is 0.854. The molecule has 0 spiro atoms. The van der Waals surface area contributed by atoms with Gasteiger partial charge in [0.2, 0.25) is 0 Å². The summed E-state index contributed by atoms with van der Waals surface area (Å²) in [6.07, 6.45) is 2.66. The van der Waals surface area contributed by atoms with Gasteiger partial charge in [0.1, 0.15) is 0 Å². The van der Waals surface area contributed by atoms with Crippen molar-refractivity contribution in [3.8, 4) is 0 Å². The van der Waals surface area contributed by atoms with Crippen LogP contribution in [0.15, 0.2) is 17.5 Å². The molecule has 2 heterocycles. The van der Waals surface area contributed by atoms with E-state index in [0.29, 0.717) is 12.1 Å². The van der Waals surface area contributed by atoms with Crippen molar-refractivity contribution in [3.63, 3.8) is 0 Å². The molecule has 15 heavy (non-hydrogen) atoms. The Kier molecular flexibility index (Phi) is 5.61. The molecule has 1 aromatic rings. The van der Waals surface area contributed by atoms with E-state index in [1.165, 1.54) is 24.3 Å². The molecule has 0 aliphatic carbocycles. The lowest BCUT2D eigenvalue weighted by atomic mass is 10.2. The van der Waals surface area contributed by atoms with Crippen LogP contribution in [-0.4, -0.2) is 19.1 Å². The number of hydrogen-bond donors (Lipinski definition) is 2. The summed E-state index contributed by atoms with van der Waals surface area (Å²) in [5, 5.41) is 9.21. The van der Waals surface area contributed by atoms with Crippen LogP contribution in [0.25, 0.3) is 0 Å². The lowest BCUT2D eigenvalue weighted by Gasteiger charge is -2.16. The van der Waals surface area contributed by atoms with Crippen LogP contribution < -0.4 is 10.6 Å². The summed E-state index contributed by atoms with van der Waals surface area (Å²) >= 11 is 1.83. The largest absolute Gasteiger partial charge is 0.313 e. The van der Waals surface area contributed by atoms with E-state index >= 15 is 0 Å². The van der Waals surface area contributed by atoms with E-state index in [1.807, 2.05) is 11.3 Å². The van der Waals surface area contributed by atoms with Crippen molar-refractivity contribution in [3.05, 3.63) is 22.4 Å². The maximum Gasteiger partial charge on any atom is 0.0386 e. The monoisotopic (exact) mass is 246 g/mol. The third-order valence-electron chi connectivity index (χ3n) is 2.80. The molecular weight excluding hydrogens is 228 g/mol. The van der Waals surface area contributed by atoms with Crippen LogP contribution in [0.5, 0.6) is 0 Å². The van der Waals surface area contributed by atoms with Crippen LogP contribution in [0.2, 0.25) is 0 Å². The van der Waals surface area contributed by atoms with Crippen molar-refractivity contribution in [2.24, 2.45) is 0 Å². The highest BCUT2D eigenvalue weighted by Gasteiger charge is 2.14. The van der Waals surface area contributed by atoms with Gasteiger partial charge in [-0.1, -0.05) is 6.07 Å². The maximum atomic E-state index is 3.57. The Morgan fingerprint density at radius 1 is 1.67 bits per heavy atom. The maximum absolute atomic E-state index is 3.57. The third kappa shape index (κ3) is 3.76. The van der Waals surface area contributed by atoms with E-state index in [1.54, 1.807) is 0 Å². The van der Waals surface area contributed by atoms with Crippen LogP contribution in [0.3, 0.4) is 0 Å². The summed E-state index contributed by atoms with van der Waals surface area (Å²) in [4.78, 5) is 1.43. The Hall–Kier alpha value is -0.0900. The summed E-state index contributed by atoms with van der Waals surface area (Å²) in [5.41, 5.74) is 0. The van der Waals surface area contributed by atoms with Crippen LogP contribution in [0.4, 0.5) is 0 Å². The van der Waals surface area contributed by atoms with Crippen molar-refractivity contribution < 1.29 is 0 Å². The van der Waals surface area contributed by atoms with E-state index in [0.717, 1.165) is 6.54 Å². The van der Waals surface area contributed by atoms with Gasteiger partial charge in [-0.05, 0) is 37.8 Å². The molecule has 0 bridgehead atoms. The highest BCUT2D eigenvalue weighted by molar-refractivity contribution is 7.10. The van der Waals surface area contributed by atoms with E-state index in [4.69, 9.17) is 0 Å². The molecule has 4 heteroatoms. The summed E-state index contributed by atoms with van der Waals surface area (Å²) in [6, 6.07) is 5.51. The fourth-order valence-corrected chi connectivity index (χ4v) is 2.65. The van der Waals surface area contributed by atoms with Gasteiger partial charge in [-0.15, -0.1) is 23.7 Å². The lowest BCUT2D eigenvalue weighted by molar-refractivity contribution is 0.493. The van der Waals surface area contributed by atoms with Gasteiger partial charge in [-0.25, -0.2) is 0 Å². The van der Waals surface area contributed by atoms with E-state index in [9.17, 15) is 0 Å². The predicted molar refractivity (Wildman–Crippen MR) is 69.0 cm³/mol. The average Bonchev–Trinajstić information content (AvgIpc) is 2.87. The van der Waals surface area contributed by atoms with Gasteiger partial charge in [0, 0.05) is 23.5 Å². The first-order valence-corrected chi connectivity index (χ1v) is 6.24. The zero-order valence-corrected chi connectivity index (χ0v) is 10.7. The van der Waals surface area contributed by atoms with Crippen LogP contribution >= 0.6 is 23.7 Å². The van der Waals surface area contributed by atoms with Crippen LogP contribution in [0, 0.1) is 0 Å². The summed E-state index contributed by atoms with van der Waals surface area (Å²) in [7, 11) is 0. The van der Waals surface area contributed by atoms with Crippen LogP contribution in [-0.2, 0) is 0 Å². The van der Waals surface area contributed by atoms with Gasteiger partial charge in [0.05, 0.1) is 0 Å². The van der Waals surface area contributed by atoms with Crippen molar-refractivity contribution >= 4 is 23.7 Å². The second-order valence-electron chi connectivity index (χ2n) is 3.94. The predicted octanol–water partition coefficient (Wildman–Crippen LogP) is 2.57. The Morgan fingerprint density at radius 3 is 3.13 bits per heavy atom. The van der Waals surface area contributed by atoms with Gasteiger partial charge < -0.3 is 10.6 Å². The molecule has 2 unspecified atom stereocenters. The molecule has 1 saturated heterocycles. The molecule has 2 nitrogen and oxygen atoms in total. The van der Waals surface area contributed by atoms with Gasteiger partial charge in [0.25, 0.3) is 0 Å². The molecule has 0 saturated carbocycles. The van der Waals surface area contributed by atoms with Gasteiger partial charge in [-0.2, -0.15) is 0 Å². The van der Waals surface area contributed by atoms with E-state index in [-0.39, 0.29) is 12.4 Å². The fraction of sp³-hybridized carbons (Fsp3) is 0.636.